The standard InChI is InChI=1S/C17H18N2O3/c1-11-12(2)16(21)7-6-14(11)10-18-19-17(22)9-13-4-3-5-15(20)8-13/h3-8,10,20-21H,9H2,1-2H3,(H,19,22). The van der Waals surface area contributed by atoms with Crippen molar-refractivity contribution in [3.63, 3.8) is 0 Å². The lowest BCUT2D eigenvalue weighted by Crippen LogP contribution is -2.19. The molecule has 0 saturated heterocycles. The molecule has 0 spiro atoms. The first-order chi connectivity index (χ1) is 10.5. The fourth-order valence-electron chi connectivity index (χ4n) is 2.03. The van der Waals surface area contributed by atoms with Crippen molar-refractivity contribution in [2.75, 3.05) is 0 Å². The molecule has 1 amide bonds. The van der Waals surface area contributed by atoms with Crippen molar-refractivity contribution >= 4 is 12.1 Å². The van der Waals surface area contributed by atoms with E-state index in [1.165, 1.54) is 6.07 Å². The number of phenols is 2. The largest absolute Gasteiger partial charge is 0.508 e. The SMILES string of the molecule is Cc1c(O)ccc(C=NNC(=O)Cc2cccc(O)c2)c1C. The Morgan fingerprint density at radius 2 is 1.95 bits per heavy atom. The zero-order chi connectivity index (χ0) is 16.1. The summed E-state index contributed by atoms with van der Waals surface area (Å²) >= 11 is 0. The van der Waals surface area contributed by atoms with Crippen molar-refractivity contribution in [1.82, 2.24) is 5.43 Å². The van der Waals surface area contributed by atoms with E-state index in [1.54, 1.807) is 36.5 Å². The predicted molar refractivity (Wildman–Crippen MR) is 85.1 cm³/mol. The average Bonchev–Trinajstić information content (AvgIpc) is 2.47. The van der Waals surface area contributed by atoms with Crippen molar-refractivity contribution in [2.24, 2.45) is 5.10 Å². The van der Waals surface area contributed by atoms with Gasteiger partial charge < -0.3 is 10.2 Å². The number of aromatic hydroxyl groups is 2. The summed E-state index contributed by atoms with van der Waals surface area (Å²) in [7, 11) is 0. The fourth-order valence-corrected chi connectivity index (χ4v) is 2.03. The molecule has 5 heteroatoms. The van der Waals surface area contributed by atoms with Crippen LogP contribution < -0.4 is 5.43 Å². The van der Waals surface area contributed by atoms with Crippen LogP contribution in [0.5, 0.6) is 11.5 Å². The lowest BCUT2D eigenvalue weighted by Gasteiger charge is -2.06. The molecule has 0 aromatic heterocycles. The van der Waals surface area contributed by atoms with E-state index in [9.17, 15) is 15.0 Å². The summed E-state index contributed by atoms with van der Waals surface area (Å²) in [6.07, 6.45) is 1.68. The maximum absolute atomic E-state index is 11.8. The molecule has 22 heavy (non-hydrogen) atoms. The third-order valence-corrected chi connectivity index (χ3v) is 3.47. The molecule has 2 aromatic rings. The molecule has 5 nitrogen and oxygen atoms in total. The van der Waals surface area contributed by atoms with E-state index in [1.807, 2.05) is 13.8 Å². The van der Waals surface area contributed by atoms with Gasteiger partial charge in [0.15, 0.2) is 0 Å². The van der Waals surface area contributed by atoms with Crippen LogP contribution in [0, 0.1) is 13.8 Å². The Labute approximate surface area is 128 Å². The second kappa shape index (κ2) is 6.76. The van der Waals surface area contributed by atoms with Crippen molar-refractivity contribution in [2.45, 2.75) is 20.3 Å². The molecule has 0 atom stereocenters. The van der Waals surface area contributed by atoms with E-state index < -0.39 is 0 Å². The molecule has 0 fully saturated rings. The predicted octanol–water partition coefficient (Wildman–Crippen LogP) is 2.41. The van der Waals surface area contributed by atoms with Crippen LogP contribution in [0.1, 0.15) is 22.3 Å². The van der Waals surface area contributed by atoms with Gasteiger partial charge in [0.25, 0.3) is 0 Å². The number of hydrogen-bond acceptors (Lipinski definition) is 4. The Morgan fingerprint density at radius 1 is 1.18 bits per heavy atom. The van der Waals surface area contributed by atoms with Gasteiger partial charge in [-0.05, 0) is 60.4 Å². The molecule has 0 aliphatic rings. The molecule has 0 bridgehead atoms. The Morgan fingerprint density at radius 3 is 2.68 bits per heavy atom. The molecule has 0 radical (unpaired) electrons. The number of hydrogen-bond donors (Lipinski definition) is 3. The lowest BCUT2D eigenvalue weighted by molar-refractivity contribution is -0.120. The summed E-state index contributed by atoms with van der Waals surface area (Å²) in [5.74, 6) is 0.0987. The quantitative estimate of drug-likeness (QED) is 0.599. The van der Waals surface area contributed by atoms with Crippen LogP contribution in [-0.4, -0.2) is 22.3 Å². The van der Waals surface area contributed by atoms with Crippen LogP contribution in [0.25, 0.3) is 0 Å². The Balaban J connectivity index is 1.98. The molecule has 114 valence electrons. The molecule has 2 rings (SSSR count). The number of nitrogens with one attached hydrogen (secondary N) is 1. The van der Waals surface area contributed by atoms with Gasteiger partial charge in [-0.25, -0.2) is 5.43 Å². The number of benzene rings is 2. The first-order valence-corrected chi connectivity index (χ1v) is 6.86. The third-order valence-electron chi connectivity index (χ3n) is 3.47. The number of phenolic OH excluding ortho intramolecular Hbond substituents is 2. The second-order valence-electron chi connectivity index (χ2n) is 5.06. The van der Waals surface area contributed by atoms with Gasteiger partial charge in [0.1, 0.15) is 11.5 Å². The van der Waals surface area contributed by atoms with E-state index >= 15 is 0 Å². The van der Waals surface area contributed by atoms with E-state index in [0.717, 1.165) is 16.7 Å². The van der Waals surface area contributed by atoms with E-state index in [4.69, 9.17) is 0 Å². The molecular weight excluding hydrogens is 280 g/mol. The Bertz CT molecular complexity index is 724. The van der Waals surface area contributed by atoms with Crippen LogP contribution in [0.4, 0.5) is 0 Å². The number of rotatable bonds is 4. The number of carbonyl (C=O) groups excluding carboxylic acids is 1. The van der Waals surface area contributed by atoms with Gasteiger partial charge in [-0.3, -0.25) is 4.79 Å². The van der Waals surface area contributed by atoms with Crippen LogP contribution >= 0.6 is 0 Å². The van der Waals surface area contributed by atoms with Gasteiger partial charge in [-0.15, -0.1) is 0 Å². The van der Waals surface area contributed by atoms with Crippen LogP contribution in [0.3, 0.4) is 0 Å². The van der Waals surface area contributed by atoms with Crippen LogP contribution in [-0.2, 0) is 11.2 Å². The minimum atomic E-state index is -0.269. The lowest BCUT2D eigenvalue weighted by atomic mass is 10.0. The maximum atomic E-state index is 11.8. The van der Waals surface area contributed by atoms with Gasteiger partial charge >= 0.3 is 0 Å². The summed E-state index contributed by atoms with van der Waals surface area (Å²) in [6.45, 7) is 3.70. The van der Waals surface area contributed by atoms with Crippen LogP contribution in [0.15, 0.2) is 41.5 Å². The minimum Gasteiger partial charge on any atom is -0.508 e. The molecular formula is C17H18N2O3. The Kier molecular flexibility index (Phi) is 4.78. The number of hydrazone groups is 1. The summed E-state index contributed by atoms with van der Waals surface area (Å²) in [5.41, 5.74) is 5.68. The summed E-state index contributed by atoms with van der Waals surface area (Å²) in [4.78, 5) is 11.8. The molecule has 2 aromatic carbocycles. The van der Waals surface area contributed by atoms with Gasteiger partial charge in [0.05, 0.1) is 12.6 Å². The highest BCUT2D eigenvalue weighted by Gasteiger charge is 2.05. The number of nitrogens with zero attached hydrogens (tertiary/aromatic N) is 1. The highest BCUT2D eigenvalue weighted by Crippen LogP contribution is 2.21. The smallest absolute Gasteiger partial charge is 0.244 e. The summed E-state index contributed by atoms with van der Waals surface area (Å²) < 4.78 is 0. The Hall–Kier alpha value is -2.82. The van der Waals surface area contributed by atoms with E-state index in [0.29, 0.717) is 5.56 Å². The van der Waals surface area contributed by atoms with Crippen molar-refractivity contribution in [3.8, 4) is 11.5 Å². The second-order valence-corrected chi connectivity index (χ2v) is 5.06. The zero-order valence-corrected chi connectivity index (χ0v) is 12.5. The van der Waals surface area contributed by atoms with Gasteiger partial charge in [0.2, 0.25) is 5.91 Å². The topological polar surface area (TPSA) is 81.9 Å². The zero-order valence-electron chi connectivity index (χ0n) is 12.5. The monoisotopic (exact) mass is 298 g/mol. The van der Waals surface area contributed by atoms with Crippen molar-refractivity contribution < 1.29 is 15.0 Å². The summed E-state index contributed by atoms with van der Waals surface area (Å²) in [6, 6.07) is 9.87. The molecule has 0 aliphatic heterocycles. The van der Waals surface area contributed by atoms with Gasteiger partial charge in [-0.2, -0.15) is 5.10 Å². The highest BCUT2D eigenvalue weighted by molar-refractivity contribution is 5.85. The minimum absolute atomic E-state index is 0.129. The van der Waals surface area contributed by atoms with E-state index in [-0.39, 0.29) is 23.8 Å². The molecule has 0 saturated carbocycles. The van der Waals surface area contributed by atoms with E-state index in [2.05, 4.69) is 10.5 Å². The maximum Gasteiger partial charge on any atom is 0.244 e. The van der Waals surface area contributed by atoms with Gasteiger partial charge in [-0.1, -0.05) is 12.1 Å². The number of amides is 1. The van der Waals surface area contributed by atoms with Crippen molar-refractivity contribution in [1.29, 1.82) is 0 Å². The molecule has 0 heterocycles. The van der Waals surface area contributed by atoms with Gasteiger partial charge in [0, 0.05) is 0 Å². The molecule has 3 N–H and O–H groups in total. The average molecular weight is 298 g/mol. The van der Waals surface area contributed by atoms with Crippen molar-refractivity contribution in [3.05, 3.63) is 58.7 Å². The van der Waals surface area contributed by atoms with Crippen LogP contribution in [0.2, 0.25) is 0 Å². The molecule has 0 aliphatic carbocycles. The summed E-state index contributed by atoms with van der Waals surface area (Å²) in [5, 5.41) is 22.9. The highest BCUT2D eigenvalue weighted by atomic mass is 16.3. The third kappa shape index (κ3) is 3.85. The molecule has 0 unspecified atom stereocenters. The first-order valence-electron chi connectivity index (χ1n) is 6.86. The normalized spacial score (nSPS) is 10.8. The number of carbonyl (C=O) groups is 1. The fraction of sp³-hybridized carbons (Fsp3) is 0.176. The first kappa shape index (κ1) is 15.6.